The summed E-state index contributed by atoms with van der Waals surface area (Å²) in [6.07, 6.45) is -0.0575. The van der Waals surface area contributed by atoms with Gasteiger partial charge in [0.05, 0.1) is 5.56 Å². The van der Waals surface area contributed by atoms with Crippen molar-refractivity contribution in [1.82, 2.24) is 0 Å². The molecule has 1 N–H and O–H groups in total. The molecule has 0 spiro atoms. The van der Waals surface area contributed by atoms with Crippen molar-refractivity contribution in [3.05, 3.63) is 75.6 Å². The van der Waals surface area contributed by atoms with Crippen LogP contribution in [-0.2, 0) is 9.59 Å². The topological polar surface area (TPSA) is 88.7 Å². The fourth-order valence-electron chi connectivity index (χ4n) is 2.76. The quantitative estimate of drug-likeness (QED) is 0.657. The number of nitrogens with zero attached hydrogens (tertiary/aromatic N) is 1. The number of carbonyl (C=O) groups is 2. The van der Waals surface area contributed by atoms with Crippen LogP contribution in [0.3, 0.4) is 0 Å². The summed E-state index contributed by atoms with van der Waals surface area (Å²) in [6, 6.07) is 15.4. The van der Waals surface area contributed by atoms with Crippen molar-refractivity contribution in [2.45, 2.75) is 11.7 Å². The highest BCUT2D eigenvalue weighted by Crippen LogP contribution is 2.29. The van der Waals surface area contributed by atoms with E-state index in [2.05, 4.69) is 10.3 Å². The Hall–Kier alpha value is -2.90. The zero-order valence-electron chi connectivity index (χ0n) is 14.3. The predicted molar refractivity (Wildman–Crippen MR) is 110 cm³/mol. The van der Waals surface area contributed by atoms with Crippen molar-refractivity contribution in [2.75, 3.05) is 5.32 Å². The molecule has 0 saturated heterocycles. The van der Waals surface area contributed by atoms with Crippen LogP contribution in [0.15, 0.2) is 68.8 Å². The first kappa shape index (κ1) is 18.5. The third-order valence-electron chi connectivity index (χ3n) is 4.11. The summed E-state index contributed by atoms with van der Waals surface area (Å²) in [4.78, 5) is 40.7. The molecule has 4 rings (SSSR count). The van der Waals surface area contributed by atoms with E-state index in [0.717, 1.165) is 17.1 Å². The molecule has 0 aliphatic carbocycles. The lowest BCUT2D eigenvalue weighted by Crippen LogP contribution is -2.21. The molecule has 1 atom stereocenters. The Labute approximate surface area is 168 Å². The molecule has 8 heteroatoms. The van der Waals surface area contributed by atoms with Crippen LogP contribution in [0, 0.1) is 0 Å². The number of halogens is 1. The van der Waals surface area contributed by atoms with Gasteiger partial charge in [0, 0.05) is 22.5 Å². The number of benzene rings is 2. The lowest BCUT2D eigenvalue weighted by molar-refractivity contribution is -0.121. The number of fused-ring (bicyclic) bond motifs is 1. The van der Waals surface area contributed by atoms with Gasteiger partial charge in [0.1, 0.15) is 15.9 Å². The van der Waals surface area contributed by atoms with E-state index in [4.69, 9.17) is 16.0 Å². The lowest BCUT2D eigenvalue weighted by atomic mass is 10.2. The Morgan fingerprint density at radius 1 is 1.14 bits per heavy atom. The molecule has 140 valence electrons. The maximum atomic E-state index is 12.3. The molecule has 2 aromatic carbocycles. The van der Waals surface area contributed by atoms with Gasteiger partial charge in [0.25, 0.3) is 5.91 Å². The second kappa shape index (κ2) is 7.61. The van der Waals surface area contributed by atoms with Crippen LogP contribution in [-0.4, -0.2) is 22.1 Å². The van der Waals surface area contributed by atoms with E-state index in [1.54, 1.807) is 48.5 Å². The molecule has 2 heterocycles. The molecule has 1 aliphatic rings. The van der Waals surface area contributed by atoms with Crippen molar-refractivity contribution >= 4 is 56.9 Å². The third kappa shape index (κ3) is 3.85. The molecule has 28 heavy (non-hydrogen) atoms. The monoisotopic (exact) mass is 412 g/mol. The van der Waals surface area contributed by atoms with Crippen LogP contribution >= 0.6 is 23.4 Å². The average molecular weight is 413 g/mol. The molecule has 1 aliphatic heterocycles. The summed E-state index contributed by atoms with van der Waals surface area (Å²) in [6.45, 7) is 0. The molecule has 0 bridgehead atoms. The number of para-hydroxylation sites is 1. The van der Waals surface area contributed by atoms with Crippen molar-refractivity contribution in [3.8, 4) is 0 Å². The first-order chi connectivity index (χ1) is 13.5. The van der Waals surface area contributed by atoms with E-state index in [0.29, 0.717) is 16.3 Å². The van der Waals surface area contributed by atoms with E-state index in [1.165, 1.54) is 0 Å². The summed E-state index contributed by atoms with van der Waals surface area (Å²) in [7, 11) is 0. The first-order valence-electron chi connectivity index (χ1n) is 8.37. The average Bonchev–Trinajstić information content (AvgIpc) is 3.03. The standard InChI is InChI=1S/C20H13ClN2O4S/c21-12-5-7-13(8-6-12)22-17(24)10-16-18(25)23-19(28-16)14-9-11-3-1-2-4-15(11)27-20(14)26/h1-9,16H,10H2,(H,22,24)/t16-/m0/s1. The number of thioether (sulfide) groups is 1. The van der Waals surface area contributed by atoms with E-state index in [9.17, 15) is 14.4 Å². The van der Waals surface area contributed by atoms with Crippen LogP contribution < -0.4 is 10.9 Å². The Bertz CT molecular complexity index is 1170. The number of hydrogen-bond acceptors (Lipinski definition) is 5. The SMILES string of the molecule is O=C(C[C@@H]1SC(c2cc3ccccc3oc2=O)=NC1=O)Nc1ccc(Cl)cc1. The van der Waals surface area contributed by atoms with Crippen LogP contribution in [0.4, 0.5) is 5.69 Å². The Balaban J connectivity index is 1.48. The van der Waals surface area contributed by atoms with Gasteiger partial charge < -0.3 is 9.73 Å². The van der Waals surface area contributed by atoms with Crippen molar-refractivity contribution in [1.29, 1.82) is 0 Å². The van der Waals surface area contributed by atoms with Crippen LogP contribution in [0.25, 0.3) is 11.0 Å². The number of anilines is 1. The number of aliphatic imine (C=N–C) groups is 1. The highest BCUT2D eigenvalue weighted by molar-refractivity contribution is 8.16. The van der Waals surface area contributed by atoms with E-state index in [1.807, 2.05) is 6.07 Å². The molecule has 2 amide bonds. The number of carbonyl (C=O) groups excluding carboxylic acids is 2. The maximum Gasteiger partial charge on any atom is 0.346 e. The maximum absolute atomic E-state index is 12.3. The Morgan fingerprint density at radius 3 is 2.68 bits per heavy atom. The van der Waals surface area contributed by atoms with E-state index in [-0.39, 0.29) is 22.9 Å². The molecule has 3 aromatic rings. The highest BCUT2D eigenvalue weighted by atomic mass is 35.5. The zero-order chi connectivity index (χ0) is 19.7. The second-order valence-electron chi connectivity index (χ2n) is 6.11. The summed E-state index contributed by atoms with van der Waals surface area (Å²) in [5, 5.41) is 3.59. The Kier molecular flexibility index (Phi) is 5.02. The number of nitrogens with one attached hydrogen (secondary N) is 1. The Morgan fingerprint density at radius 2 is 1.89 bits per heavy atom. The summed E-state index contributed by atoms with van der Waals surface area (Å²) in [5.74, 6) is -0.769. The molecule has 0 fully saturated rings. The lowest BCUT2D eigenvalue weighted by Gasteiger charge is -2.08. The fourth-order valence-corrected chi connectivity index (χ4v) is 3.96. The van der Waals surface area contributed by atoms with Crippen molar-refractivity contribution < 1.29 is 14.0 Å². The predicted octanol–water partition coefficient (Wildman–Crippen LogP) is 3.86. The summed E-state index contributed by atoms with van der Waals surface area (Å²) < 4.78 is 5.29. The van der Waals surface area contributed by atoms with E-state index < -0.39 is 16.8 Å². The van der Waals surface area contributed by atoms with Crippen LogP contribution in [0.1, 0.15) is 12.0 Å². The minimum atomic E-state index is -0.687. The van der Waals surface area contributed by atoms with Crippen LogP contribution in [0.5, 0.6) is 0 Å². The zero-order valence-corrected chi connectivity index (χ0v) is 15.9. The van der Waals surface area contributed by atoms with Gasteiger partial charge in [0.2, 0.25) is 5.91 Å². The van der Waals surface area contributed by atoms with Gasteiger partial charge in [-0.15, -0.1) is 0 Å². The van der Waals surface area contributed by atoms with Gasteiger partial charge in [-0.25, -0.2) is 9.79 Å². The van der Waals surface area contributed by atoms with Crippen molar-refractivity contribution in [2.24, 2.45) is 4.99 Å². The normalized spacial score (nSPS) is 16.2. The molecular weight excluding hydrogens is 400 g/mol. The largest absolute Gasteiger partial charge is 0.422 e. The van der Waals surface area contributed by atoms with Crippen LogP contribution in [0.2, 0.25) is 5.02 Å². The van der Waals surface area contributed by atoms with Gasteiger partial charge in [-0.3, -0.25) is 9.59 Å². The molecule has 0 saturated carbocycles. The van der Waals surface area contributed by atoms with Gasteiger partial charge in [-0.05, 0) is 36.4 Å². The minimum absolute atomic E-state index is 0.0575. The van der Waals surface area contributed by atoms with Gasteiger partial charge >= 0.3 is 5.63 Å². The molecule has 6 nitrogen and oxygen atoms in total. The molecule has 1 aromatic heterocycles. The van der Waals surface area contributed by atoms with Gasteiger partial charge in [0.15, 0.2) is 0 Å². The first-order valence-corrected chi connectivity index (χ1v) is 9.63. The minimum Gasteiger partial charge on any atom is -0.422 e. The third-order valence-corrected chi connectivity index (χ3v) is 5.55. The summed E-state index contributed by atoms with van der Waals surface area (Å²) >= 11 is 6.91. The van der Waals surface area contributed by atoms with E-state index >= 15 is 0 Å². The van der Waals surface area contributed by atoms with Crippen molar-refractivity contribution in [3.63, 3.8) is 0 Å². The van der Waals surface area contributed by atoms with Gasteiger partial charge in [-0.2, -0.15) is 0 Å². The fraction of sp³-hybridized carbons (Fsp3) is 0.100. The smallest absolute Gasteiger partial charge is 0.346 e. The van der Waals surface area contributed by atoms with Gasteiger partial charge in [-0.1, -0.05) is 41.6 Å². The molecule has 0 unspecified atom stereocenters. The number of hydrogen-bond donors (Lipinski definition) is 1. The molecular formula is C20H13ClN2O4S. The summed E-state index contributed by atoms with van der Waals surface area (Å²) in [5.41, 5.74) is 0.702. The second-order valence-corrected chi connectivity index (χ2v) is 7.73. The highest BCUT2D eigenvalue weighted by Gasteiger charge is 2.32. The number of rotatable bonds is 4. The number of amides is 2. The molecule has 0 radical (unpaired) electrons.